The van der Waals surface area contributed by atoms with Crippen LogP contribution in [0.5, 0.6) is 17.2 Å². The molecule has 0 radical (unpaired) electrons. The average Bonchev–Trinajstić information content (AvgIpc) is 2.41. The standard InChI is InChI=1S/C17H21NO2/c1-11(2)15-7-5-14(9-12(15)3)20-17-10-13(19-4)6-8-16(17)18/h5-11H,18H2,1-4H3. The Morgan fingerprint density at radius 2 is 1.70 bits per heavy atom. The highest BCUT2D eigenvalue weighted by Crippen LogP contribution is 2.32. The molecule has 0 unspecified atom stereocenters. The number of rotatable bonds is 4. The first kappa shape index (κ1) is 14.3. The minimum atomic E-state index is 0.505. The molecular formula is C17H21NO2. The molecule has 0 bridgehead atoms. The molecule has 3 nitrogen and oxygen atoms in total. The normalized spacial score (nSPS) is 10.7. The molecule has 0 atom stereocenters. The average molecular weight is 271 g/mol. The van der Waals surface area contributed by atoms with Crippen molar-refractivity contribution in [1.29, 1.82) is 0 Å². The fourth-order valence-electron chi connectivity index (χ4n) is 2.22. The van der Waals surface area contributed by atoms with Crippen molar-refractivity contribution in [3.05, 3.63) is 47.5 Å². The van der Waals surface area contributed by atoms with Crippen molar-refractivity contribution in [2.24, 2.45) is 0 Å². The summed E-state index contributed by atoms with van der Waals surface area (Å²) in [7, 11) is 1.62. The number of anilines is 1. The molecule has 0 aliphatic carbocycles. The van der Waals surface area contributed by atoms with Crippen molar-refractivity contribution >= 4 is 5.69 Å². The fraction of sp³-hybridized carbons (Fsp3) is 0.294. The molecule has 0 aromatic heterocycles. The Balaban J connectivity index is 2.28. The van der Waals surface area contributed by atoms with E-state index in [9.17, 15) is 0 Å². The third kappa shape index (κ3) is 3.05. The minimum Gasteiger partial charge on any atom is -0.497 e. The van der Waals surface area contributed by atoms with Crippen molar-refractivity contribution in [1.82, 2.24) is 0 Å². The monoisotopic (exact) mass is 271 g/mol. The van der Waals surface area contributed by atoms with E-state index in [0.29, 0.717) is 17.4 Å². The summed E-state index contributed by atoms with van der Waals surface area (Å²) in [5.74, 6) is 2.63. The number of methoxy groups -OCH3 is 1. The number of nitrogens with two attached hydrogens (primary N) is 1. The lowest BCUT2D eigenvalue weighted by molar-refractivity contribution is 0.409. The van der Waals surface area contributed by atoms with E-state index in [1.807, 2.05) is 18.2 Å². The van der Waals surface area contributed by atoms with E-state index in [1.165, 1.54) is 11.1 Å². The van der Waals surface area contributed by atoms with Gasteiger partial charge in [-0.25, -0.2) is 0 Å². The van der Waals surface area contributed by atoms with E-state index in [4.69, 9.17) is 15.2 Å². The lowest BCUT2D eigenvalue weighted by atomic mass is 9.98. The Bertz CT molecular complexity index is 606. The lowest BCUT2D eigenvalue weighted by Crippen LogP contribution is -1.95. The first-order chi connectivity index (χ1) is 9.51. The van der Waals surface area contributed by atoms with Crippen molar-refractivity contribution in [2.45, 2.75) is 26.7 Å². The summed E-state index contributed by atoms with van der Waals surface area (Å²) in [5, 5.41) is 0. The van der Waals surface area contributed by atoms with E-state index in [0.717, 1.165) is 11.5 Å². The number of benzene rings is 2. The molecule has 2 aromatic rings. The van der Waals surface area contributed by atoms with Gasteiger partial charge in [-0.2, -0.15) is 0 Å². The molecule has 0 spiro atoms. The molecule has 0 heterocycles. The number of aryl methyl sites for hydroxylation is 1. The summed E-state index contributed by atoms with van der Waals surface area (Å²) in [6, 6.07) is 11.5. The Labute approximate surface area is 120 Å². The molecule has 0 fully saturated rings. The summed E-state index contributed by atoms with van der Waals surface area (Å²) in [6.45, 7) is 6.46. The second-order valence-corrected chi connectivity index (χ2v) is 5.18. The van der Waals surface area contributed by atoms with Crippen LogP contribution < -0.4 is 15.2 Å². The first-order valence-electron chi connectivity index (χ1n) is 6.73. The van der Waals surface area contributed by atoms with Crippen LogP contribution in [0, 0.1) is 6.92 Å². The first-order valence-corrected chi connectivity index (χ1v) is 6.73. The fourth-order valence-corrected chi connectivity index (χ4v) is 2.22. The zero-order valence-corrected chi connectivity index (χ0v) is 12.4. The maximum Gasteiger partial charge on any atom is 0.153 e. The summed E-state index contributed by atoms with van der Waals surface area (Å²) >= 11 is 0. The van der Waals surface area contributed by atoms with Crippen LogP contribution in [0.25, 0.3) is 0 Å². The van der Waals surface area contributed by atoms with E-state index in [2.05, 4.69) is 26.8 Å². The molecule has 106 valence electrons. The van der Waals surface area contributed by atoms with Gasteiger partial charge in [0.25, 0.3) is 0 Å². The largest absolute Gasteiger partial charge is 0.497 e. The van der Waals surface area contributed by atoms with E-state index < -0.39 is 0 Å². The molecule has 0 aliphatic heterocycles. The maximum atomic E-state index is 5.93. The van der Waals surface area contributed by atoms with Gasteiger partial charge in [-0.15, -0.1) is 0 Å². The highest BCUT2D eigenvalue weighted by Gasteiger charge is 2.08. The molecule has 2 aromatic carbocycles. The smallest absolute Gasteiger partial charge is 0.153 e. The van der Waals surface area contributed by atoms with Crippen LogP contribution in [0.3, 0.4) is 0 Å². The van der Waals surface area contributed by atoms with Gasteiger partial charge in [-0.1, -0.05) is 19.9 Å². The predicted octanol–water partition coefficient (Wildman–Crippen LogP) is 4.50. The van der Waals surface area contributed by atoms with Crippen LogP contribution >= 0.6 is 0 Å². The van der Waals surface area contributed by atoms with Crippen LogP contribution in [0.15, 0.2) is 36.4 Å². The zero-order valence-electron chi connectivity index (χ0n) is 12.4. The predicted molar refractivity (Wildman–Crippen MR) is 82.7 cm³/mol. The van der Waals surface area contributed by atoms with Crippen LogP contribution in [-0.4, -0.2) is 7.11 Å². The SMILES string of the molecule is COc1ccc(N)c(Oc2ccc(C(C)C)c(C)c2)c1. The Morgan fingerprint density at radius 3 is 2.30 bits per heavy atom. The number of ether oxygens (including phenoxy) is 2. The van der Waals surface area contributed by atoms with Gasteiger partial charge in [0.05, 0.1) is 12.8 Å². The summed E-state index contributed by atoms with van der Waals surface area (Å²) in [6.07, 6.45) is 0. The van der Waals surface area contributed by atoms with Crippen LogP contribution in [0.4, 0.5) is 5.69 Å². The van der Waals surface area contributed by atoms with Gasteiger partial charge in [-0.05, 0) is 48.2 Å². The summed E-state index contributed by atoms with van der Waals surface area (Å²) in [4.78, 5) is 0. The third-order valence-corrected chi connectivity index (χ3v) is 3.31. The van der Waals surface area contributed by atoms with Gasteiger partial charge in [0.2, 0.25) is 0 Å². The topological polar surface area (TPSA) is 44.5 Å². The van der Waals surface area contributed by atoms with Gasteiger partial charge < -0.3 is 15.2 Å². The molecular weight excluding hydrogens is 250 g/mol. The van der Waals surface area contributed by atoms with Gasteiger partial charge >= 0.3 is 0 Å². The Hall–Kier alpha value is -2.16. The lowest BCUT2D eigenvalue weighted by Gasteiger charge is -2.13. The van der Waals surface area contributed by atoms with Crippen LogP contribution in [0.1, 0.15) is 30.9 Å². The maximum absolute atomic E-state index is 5.93. The van der Waals surface area contributed by atoms with E-state index in [1.54, 1.807) is 19.2 Å². The molecule has 0 amide bonds. The number of hydrogen-bond acceptors (Lipinski definition) is 3. The van der Waals surface area contributed by atoms with Crippen molar-refractivity contribution in [3.63, 3.8) is 0 Å². The molecule has 20 heavy (non-hydrogen) atoms. The highest BCUT2D eigenvalue weighted by molar-refractivity contribution is 5.57. The third-order valence-electron chi connectivity index (χ3n) is 3.31. The van der Waals surface area contributed by atoms with Crippen LogP contribution in [-0.2, 0) is 0 Å². The van der Waals surface area contributed by atoms with Crippen molar-refractivity contribution < 1.29 is 9.47 Å². The minimum absolute atomic E-state index is 0.505. The van der Waals surface area contributed by atoms with Gasteiger partial charge in [0.15, 0.2) is 5.75 Å². The second-order valence-electron chi connectivity index (χ2n) is 5.18. The molecule has 2 N–H and O–H groups in total. The van der Waals surface area contributed by atoms with Gasteiger partial charge in [-0.3, -0.25) is 0 Å². The highest BCUT2D eigenvalue weighted by atomic mass is 16.5. The Morgan fingerprint density at radius 1 is 1.00 bits per heavy atom. The molecule has 0 saturated carbocycles. The van der Waals surface area contributed by atoms with Crippen LogP contribution in [0.2, 0.25) is 0 Å². The summed E-state index contributed by atoms with van der Waals surface area (Å²) < 4.78 is 11.0. The molecule has 0 saturated heterocycles. The van der Waals surface area contributed by atoms with Crippen molar-refractivity contribution in [3.8, 4) is 17.2 Å². The molecule has 2 rings (SSSR count). The van der Waals surface area contributed by atoms with Gasteiger partial charge in [0.1, 0.15) is 11.5 Å². The summed E-state index contributed by atoms with van der Waals surface area (Å²) in [5.41, 5.74) is 9.07. The number of nitrogen functional groups attached to an aromatic ring is 1. The van der Waals surface area contributed by atoms with E-state index in [-0.39, 0.29) is 0 Å². The van der Waals surface area contributed by atoms with Gasteiger partial charge in [0, 0.05) is 6.07 Å². The Kier molecular flexibility index (Phi) is 4.18. The second kappa shape index (κ2) is 5.87. The number of hydrogen-bond donors (Lipinski definition) is 1. The molecule has 0 aliphatic rings. The van der Waals surface area contributed by atoms with E-state index >= 15 is 0 Å². The molecule has 3 heteroatoms. The van der Waals surface area contributed by atoms with Crippen molar-refractivity contribution in [2.75, 3.05) is 12.8 Å². The quantitative estimate of drug-likeness (QED) is 0.832. The zero-order chi connectivity index (χ0) is 14.7.